The third-order valence-electron chi connectivity index (χ3n) is 14.9. The molecular formula is C54H53N9O7S. The Morgan fingerprint density at radius 1 is 0.901 bits per heavy atom. The number of thiazole rings is 1. The molecule has 6 heterocycles. The predicted octanol–water partition coefficient (Wildman–Crippen LogP) is 8.10. The maximum absolute atomic E-state index is 13.6. The number of anilines is 3. The normalized spacial score (nSPS) is 18.0. The summed E-state index contributed by atoms with van der Waals surface area (Å²) in [5.41, 5.74) is 7.73. The molecule has 1 unspecified atom stereocenters. The third kappa shape index (κ3) is 9.11. The molecule has 4 amide bonds. The molecule has 1 aliphatic carbocycles. The Morgan fingerprint density at radius 2 is 1.72 bits per heavy atom. The molecule has 3 aromatic heterocycles. The van der Waals surface area contributed by atoms with Crippen LogP contribution in [-0.4, -0.2) is 92.1 Å². The number of ether oxygens (including phenoxy) is 1. The van der Waals surface area contributed by atoms with E-state index in [1.54, 1.807) is 4.68 Å². The number of amides is 4. The molecule has 4 aliphatic rings. The predicted molar refractivity (Wildman–Crippen MR) is 271 cm³/mol. The average Bonchev–Trinajstić information content (AvgIpc) is 3.92. The number of imide groups is 1. The van der Waals surface area contributed by atoms with Crippen LogP contribution in [0.1, 0.15) is 87.7 Å². The van der Waals surface area contributed by atoms with Crippen LogP contribution in [0.25, 0.3) is 32.2 Å². The van der Waals surface area contributed by atoms with Crippen molar-refractivity contribution >= 4 is 78.7 Å². The van der Waals surface area contributed by atoms with E-state index in [0.29, 0.717) is 84.2 Å². The van der Waals surface area contributed by atoms with Gasteiger partial charge in [-0.1, -0.05) is 47.7 Å². The van der Waals surface area contributed by atoms with E-state index in [1.165, 1.54) is 11.3 Å². The zero-order valence-electron chi connectivity index (χ0n) is 39.5. The van der Waals surface area contributed by atoms with E-state index >= 15 is 0 Å². The van der Waals surface area contributed by atoms with E-state index in [-0.39, 0.29) is 41.2 Å². The van der Waals surface area contributed by atoms with Crippen LogP contribution in [0, 0.1) is 18.3 Å². The summed E-state index contributed by atoms with van der Waals surface area (Å²) < 4.78 is 9.17. The number of rotatable bonds is 12. The number of nitrogens with one attached hydrogen (secondary N) is 3. The Hall–Kier alpha value is -7.50. The van der Waals surface area contributed by atoms with Gasteiger partial charge in [-0.05, 0) is 147 Å². The number of aromatic carboxylic acids is 1. The van der Waals surface area contributed by atoms with Crippen molar-refractivity contribution in [2.24, 2.45) is 18.4 Å². The maximum atomic E-state index is 13.6. The van der Waals surface area contributed by atoms with Crippen LogP contribution in [0.3, 0.4) is 0 Å². The second kappa shape index (κ2) is 18.7. The number of piperidine rings is 2. The van der Waals surface area contributed by atoms with Gasteiger partial charge in [0.2, 0.25) is 17.7 Å². The molecule has 3 fully saturated rings. The van der Waals surface area contributed by atoms with Crippen LogP contribution in [0.5, 0.6) is 5.75 Å². The van der Waals surface area contributed by atoms with Crippen molar-refractivity contribution in [3.63, 3.8) is 0 Å². The maximum Gasteiger partial charge on any atom is 0.355 e. The fourth-order valence-corrected chi connectivity index (χ4v) is 12.1. The molecule has 1 spiro atoms. The number of para-hydroxylation sites is 1. The number of carboxylic acid groups (broad SMARTS) is 1. The number of carboxylic acids is 1. The van der Waals surface area contributed by atoms with Crippen molar-refractivity contribution < 1.29 is 33.8 Å². The van der Waals surface area contributed by atoms with Gasteiger partial charge >= 0.3 is 5.97 Å². The zero-order valence-corrected chi connectivity index (χ0v) is 40.3. The zero-order chi connectivity index (χ0) is 49.0. The van der Waals surface area contributed by atoms with Crippen LogP contribution >= 0.6 is 11.3 Å². The molecule has 4 N–H and O–H groups in total. The molecule has 71 heavy (non-hydrogen) atoms. The number of fused-ring (bicyclic) bond motifs is 3. The van der Waals surface area contributed by atoms with Crippen molar-refractivity contribution in [2.45, 2.75) is 64.3 Å². The Balaban J connectivity index is 0.680. The van der Waals surface area contributed by atoms with Gasteiger partial charge in [0, 0.05) is 48.8 Å². The summed E-state index contributed by atoms with van der Waals surface area (Å²) >= 11 is 1.43. The number of aromatic nitrogens is 4. The van der Waals surface area contributed by atoms with Gasteiger partial charge in [-0.15, -0.1) is 0 Å². The van der Waals surface area contributed by atoms with Gasteiger partial charge in [-0.2, -0.15) is 5.10 Å². The lowest BCUT2D eigenvalue weighted by Crippen LogP contribution is -2.49. The lowest BCUT2D eigenvalue weighted by atomic mass is 9.58. The number of benzene rings is 4. The summed E-state index contributed by atoms with van der Waals surface area (Å²) in [6.07, 6.45) is 5.52. The van der Waals surface area contributed by atoms with Gasteiger partial charge in [0.05, 0.1) is 40.5 Å². The minimum absolute atomic E-state index is 0.0477. The Labute approximate surface area is 413 Å². The summed E-state index contributed by atoms with van der Waals surface area (Å²) in [5.74, 6) is -0.896. The molecule has 7 aromatic rings. The molecular weight excluding hydrogens is 919 g/mol. The lowest BCUT2D eigenvalue weighted by Gasteiger charge is -2.52. The lowest BCUT2D eigenvalue weighted by molar-refractivity contribution is -0.134. The second-order valence-electron chi connectivity index (χ2n) is 19.5. The highest BCUT2D eigenvalue weighted by Gasteiger charge is 2.46. The molecule has 11 rings (SSSR count). The molecule has 17 heteroatoms. The van der Waals surface area contributed by atoms with E-state index in [4.69, 9.17) is 9.72 Å². The number of pyridine rings is 1. The number of carbonyl (C=O) groups is 5. The van der Waals surface area contributed by atoms with Crippen LogP contribution < -0.4 is 25.6 Å². The van der Waals surface area contributed by atoms with Gasteiger partial charge in [0.1, 0.15) is 11.6 Å². The second-order valence-corrected chi connectivity index (χ2v) is 20.5. The first kappa shape index (κ1) is 45.9. The summed E-state index contributed by atoms with van der Waals surface area (Å²) in [5, 5.41) is 24.9. The SMILES string of the molecule is Cc1c(OCC2CC3(CCN(CC(=O)Nc4ccc5c(C6CCC(=O)NC6=O)nn(C)c5c4)CC3)C2)cccc1-c1ccc(N2CCc3cccc(C(=O)Nc4nc5ccccc5s4)c3C2)nc1C(=O)O. The Bertz CT molecular complexity index is 3260. The first-order valence-corrected chi connectivity index (χ1v) is 25.0. The smallest absolute Gasteiger partial charge is 0.355 e. The number of likely N-dealkylation sites (tertiary alicyclic amines) is 1. The fourth-order valence-electron chi connectivity index (χ4n) is 11.2. The molecule has 362 valence electrons. The summed E-state index contributed by atoms with van der Waals surface area (Å²) in [6, 6.07) is 28.5. The fraction of sp³-hybridized carbons (Fsp3) is 0.333. The number of carbonyl (C=O) groups excluding carboxylic acids is 4. The van der Waals surface area contributed by atoms with E-state index in [0.717, 1.165) is 82.1 Å². The molecule has 1 saturated carbocycles. The number of hydrogen-bond acceptors (Lipinski definition) is 12. The van der Waals surface area contributed by atoms with Crippen LogP contribution in [0.2, 0.25) is 0 Å². The monoisotopic (exact) mass is 971 g/mol. The minimum Gasteiger partial charge on any atom is -0.493 e. The Kier molecular flexibility index (Phi) is 12.1. The molecule has 2 saturated heterocycles. The summed E-state index contributed by atoms with van der Waals surface area (Å²) in [4.78, 5) is 77.5. The van der Waals surface area contributed by atoms with E-state index < -0.39 is 11.9 Å². The van der Waals surface area contributed by atoms with Gasteiger partial charge < -0.3 is 20.1 Å². The van der Waals surface area contributed by atoms with Gasteiger partial charge in [0.15, 0.2) is 10.8 Å². The molecule has 16 nitrogen and oxygen atoms in total. The highest BCUT2D eigenvalue weighted by Crippen LogP contribution is 2.53. The van der Waals surface area contributed by atoms with Gasteiger partial charge in [-0.25, -0.2) is 14.8 Å². The summed E-state index contributed by atoms with van der Waals surface area (Å²) in [6.45, 7) is 5.51. The summed E-state index contributed by atoms with van der Waals surface area (Å²) in [7, 11) is 1.81. The van der Waals surface area contributed by atoms with E-state index in [1.807, 2.05) is 110 Å². The van der Waals surface area contributed by atoms with Gasteiger partial charge in [0.25, 0.3) is 5.91 Å². The van der Waals surface area contributed by atoms with Crippen molar-refractivity contribution in [1.82, 2.24) is 30.0 Å². The van der Waals surface area contributed by atoms with Crippen molar-refractivity contribution in [3.8, 4) is 16.9 Å². The Morgan fingerprint density at radius 3 is 2.52 bits per heavy atom. The molecule has 0 bridgehead atoms. The number of hydrogen-bond donors (Lipinski definition) is 4. The molecule has 4 aromatic carbocycles. The van der Waals surface area contributed by atoms with Crippen LogP contribution in [0.15, 0.2) is 91.0 Å². The number of aryl methyl sites for hydroxylation is 1. The highest BCUT2D eigenvalue weighted by atomic mass is 32.1. The van der Waals surface area contributed by atoms with Crippen molar-refractivity contribution in [3.05, 3.63) is 125 Å². The molecule has 0 radical (unpaired) electrons. The number of nitrogens with zero attached hydrogens (tertiary/aromatic N) is 6. The minimum atomic E-state index is -1.13. The quantitative estimate of drug-likeness (QED) is 0.0859. The van der Waals surface area contributed by atoms with E-state index in [2.05, 4.69) is 30.9 Å². The van der Waals surface area contributed by atoms with Crippen LogP contribution in [-0.2, 0) is 34.4 Å². The molecule has 1 atom stereocenters. The van der Waals surface area contributed by atoms with Crippen molar-refractivity contribution in [1.29, 1.82) is 0 Å². The average molecular weight is 972 g/mol. The first-order chi connectivity index (χ1) is 34.4. The highest BCUT2D eigenvalue weighted by molar-refractivity contribution is 7.22. The standard InChI is InChI=1S/C54H53N9O7S/c1-31-35(36-15-17-45(57-49(36)52(68)69)63-22-19-33-7-5-9-37(40(33)28-63)50(66)59-53-56-41-10-3-4-12-44(41)71-53)8-6-11-43(31)70-30-32-26-54(27-32)20-23-62(24-21-54)29-47(65)55-34-13-14-38-42(25-34)61(2)60-48(38)39-16-18-46(64)58-51(39)67/h3-15,17,25,32,39H,16,18-24,26-30H2,1-2H3,(H,55,65)(H,68,69)(H,56,59,66)(H,58,64,67). The largest absolute Gasteiger partial charge is 0.493 e. The van der Waals surface area contributed by atoms with Crippen molar-refractivity contribution in [2.75, 3.05) is 48.3 Å². The topological polar surface area (TPSA) is 201 Å². The van der Waals surface area contributed by atoms with Gasteiger partial charge in [-0.3, -0.25) is 39.4 Å². The van der Waals surface area contributed by atoms with E-state index in [9.17, 15) is 29.1 Å². The third-order valence-corrected chi connectivity index (χ3v) is 15.9. The molecule has 3 aliphatic heterocycles. The first-order valence-electron chi connectivity index (χ1n) is 24.2. The van der Waals surface area contributed by atoms with Crippen LogP contribution in [0.4, 0.5) is 16.6 Å².